The Morgan fingerprint density at radius 3 is 2.57 bits per heavy atom. The van der Waals surface area contributed by atoms with E-state index in [0.717, 1.165) is 13.0 Å². The van der Waals surface area contributed by atoms with Crippen LogP contribution in [-0.4, -0.2) is 6.54 Å². The lowest BCUT2D eigenvalue weighted by Gasteiger charge is -2.19. The molecule has 0 fully saturated rings. The van der Waals surface area contributed by atoms with Crippen LogP contribution >= 0.6 is 11.6 Å². The highest BCUT2D eigenvalue weighted by Gasteiger charge is 2.17. The summed E-state index contributed by atoms with van der Waals surface area (Å²) in [5.41, 5.74) is 0.519. The fourth-order valence-corrected chi connectivity index (χ4v) is 2.31. The quantitative estimate of drug-likeness (QED) is 0.778. The lowest BCUT2D eigenvalue weighted by molar-refractivity contribution is 0.446. The van der Waals surface area contributed by atoms with Crippen LogP contribution in [0, 0.1) is 5.82 Å². The molecule has 2 aromatic carbocycles. The zero-order chi connectivity index (χ0) is 15.2. The molecule has 0 aliphatic rings. The number of benzene rings is 2. The monoisotopic (exact) mass is 307 g/mol. The second kappa shape index (κ2) is 7.43. The van der Waals surface area contributed by atoms with Crippen LogP contribution in [0.25, 0.3) is 0 Å². The van der Waals surface area contributed by atoms with Crippen molar-refractivity contribution in [3.8, 4) is 11.5 Å². The Labute approximate surface area is 129 Å². The van der Waals surface area contributed by atoms with Crippen molar-refractivity contribution < 1.29 is 9.13 Å². The van der Waals surface area contributed by atoms with Gasteiger partial charge >= 0.3 is 0 Å². The largest absolute Gasteiger partial charge is 0.455 e. The van der Waals surface area contributed by atoms with Crippen LogP contribution in [0.2, 0.25) is 5.02 Å². The van der Waals surface area contributed by atoms with Gasteiger partial charge in [-0.05, 0) is 44.2 Å². The molecule has 21 heavy (non-hydrogen) atoms. The summed E-state index contributed by atoms with van der Waals surface area (Å²) in [6.07, 6.45) is 0.986. The smallest absolute Gasteiger partial charge is 0.146 e. The number of hydrogen-bond donors (Lipinski definition) is 1. The van der Waals surface area contributed by atoms with Crippen molar-refractivity contribution in [1.29, 1.82) is 0 Å². The molecule has 0 aromatic heterocycles. The summed E-state index contributed by atoms with van der Waals surface area (Å²) in [5.74, 6) is 0.726. The van der Waals surface area contributed by atoms with Gasteiger partial charge in [0.05, 0.1) is 5.02 Å². The number of ether oxygens (including phenoxy) is 1. The topological polar surface area (TPSA) is 21.3 Å². The summed E-state index contributed by atoms with van der Waals surface area (Å²) in [7, 11) is 0. The Hall–Kier alpha value is -1.58. The summed E-state index contributed by atoms with van der Waals surface area (Å²) >= 11 is 6.10. The van der Waals surface area contributed by atoms with Gasteiger partial charge in [-0.25, -0.2) is 4.39 Å². The molecule has 2 rings (SSSR count). The molecule has 0 amide bonds. The van der Waals surface area contributed by atoms with E-state index >= 15 is 0 Å². The molecule has 0 saturated heterocycles. The predicted molar refractivity (Wildman–Crippen MR) is 84.6 cm³/mol. The average molecular weight is 308 g/mol. The molecule has 0 aliphatic carbocycles. The van der Waals surface area contributed by atoms with Gasteiger partial charge in [0.25, 0.3) is 0 Å². The fourth-order valence-electron chi connectivity index (χ4n) is 2.14. The van der Waals surface area contributed by atoms with Gasteiger partial charge in [0, 0.05) is 11.6 Å². The highest BCUT2D eigenvalue weighted by atomic mass is 35.5. The van der Waals surface area contributed by atoms with Crippen molar-refractivity contribution in [2.75, 3.05) is 6.54 Å². The van der Waals surface area contributed by atoms with Crippen molar-refractivity contribution in [3.05, 3.63) is 58.9 Å². The summed E-state index contributed by atoms with van der Waals surface area (Å²) in [6.45, 7) is 4.82. The molecule has 0 heterocycles. The van der Waals surface area contributed by atoms with Crippen LogP contribution in [0.15, 0.2) is 42.5 Å². The van der Waals surface area contributed by atoms with Crippen LogP contribution in [0.1, 0.15) is 31.9 Å². The predicted octanol–water partition coefficient (Wildman–Crippen LogP) is 5.33. The Morgan fingerprint density at radius 1 is 1.14 bits per heavy atom. The Morgan fingerprint density at radius 2 is 1.86 bits per heavy atom. The van der Waals surface area contributed by atoms with E-state index < -0.39 is 0 Å². The van der Waals surface area contributed by atoms with Crippen molar-refractivity contribution in [2.24, 2.45) is 0 Å². The molecule has 0 saturated carbocycles. The third kappa shape index (κ3) is 3.96. The van der Waals surface area contributed by atoms with Gasteiger partial charge in [-0.15, -0.1) is 0 Å². The standard InChI is InChI=1S/C17H19ClFNO/c1-3-11-20-12(2)17-14(19)8-6-10-16(17)21-15-9-5-4-7-13(15)18/h4-10,12,20H,3,11H2,1-2H3. The maximum atomic E-state index is 14.2. The van der Waals surface area contributed by atoms with Crippen LogP contribution in [0.3, 0.4) is 0 Å². The summed E-state index contributed by atoms with van der Waals surface area (Å²) in [4.78, 5) is 0. The molecule has 112 valence electrons. The molecule has 0 bridgehead atoms. The zero-order valence-electron chi connectivity index (χ0n) is 12.2. The molecule has 1 atom stereocenters. The minimum absolute atomic E-state index is 0.136. The van der Waals surface area contributed by atoms with Crippen LogP contribution in [0.5, 0.6) is 11.5 Å². The van der Waals surface area contributed by atoms with Crippen molar-refractivity contribution >= 4 is 11.6 Å². The normalized spacial score (nSPS) is 12.2. The lowest BCUT2D eigenvalue weighted by atomic mass is 10.1. The number of hydrogen-bond acceptors (Lipinski definition) is 2. The molecule has 4 heteroatoms. The molecular formula is C17H19ClFNO. The van der Waals surface area contributed by atoms with Crippen LogP contribution in [-0.2, 0) is 0 Å². The molecule has 1 N–H and O–H groups in total. The molecule has 2 aromatic rings. The first-order chi connectivity index (χ1) is 10.1. The van der Waals surface area contributed by atoms with Crippen LogP contribution in [0.4, 0.5) is 4.39 Å². The SMILES string of the molecule is CCCNC(C)c1c(F)cccc1Oc1ccccc1Cl. The highest BCUT2D eigenvalue weighted by Crippen LogP contribution is 2.34. The maximum Gasteiger partial charge on any atom is 0.146 e. The first kappa shape index (κ1) is 15.8. The number of para-hydroxylation sites is 1. The fraction of sp³-hybridized carbons (Fsp3) is 0.294. The Bertz CT molecular complexity index is 603. The minimum Gasteiger partial charge on any atom is -0.455 e. The third-order valence-electron chi connectivity index (χ3n) is 3.20. The van der Waals surface area contributed by atoms with Crippen LogP contribution < -0.4 is 10.1 Å². The van der Waals surface area contributed by atoms with E-state index in [1.54, 1.807) is 24.3 Å². The van der Waals surface area contributed by atoms with Gasteiger partial charge in [-0.3, -0.25) is 0 Å². The molecule has 1 unspecified atom stereocenters. The molecule has 2 nitrogen and oxygen atoms in total. The number of nitrogens with one attached hydrogen (secondary N) is 1. The summed E-state index contributed by atoms with van der Waals surface area (Å²) < 4.78 is 20.0. The number of halogens is 2. The van der Waals surface area contributed by atoms with Crippen molar-refractivity contribution in [1.82, 2.24) is 5.32 Å². The maximum absolute atomic E-state index is 14.2. The van der Waals surface area contributed by atoms with Gasteiger partial charge < -0.3 is 10.1 Å². The second-order valence-electron chi connectivity index (χ2n) is 4.86. The second-order valence-corrected chi connectivity index (χ2v) is 5.27. The highest BCUT2D eigenvalue weighted by molar-refractivity contribution is 6.32. The molecule has 0 radical (unpaired) electrons. The summed E-state index contributed by atoms with van der Waals surface area (Å²) in [5, 5.41) is 3.78. The summed E-state index contributed by atoms with van der Waals surface area (Å²) in [6, 6.07) is 11.9. The van der Waals surface area contributed by atoms with Gasteiger partial charge in [-0.1, -0.05) is 36.7 Å². The Balaban J connectivity index is 2.31. The van der Waals surface area contributed by atoms with E-state index in [4.69, 9.17) is 16.3 Å². The average Bonchev–Trinajstić information content (AvgIpc) is 2.47. The first-order valence-electron chi connectivity index (χ1n) is 7.07. The first-order valence-corrected chi connectivity index (χ1v) is 7.45. The lowest BCUT2D eigenvalue weighted by Crippen LogP contribution is -2.20. The molecular weight excluding hydrogens is 289 g/mol. The third-order valence-corrected chi connectivity index (χ3v) is 3.52. The molecule has 0 aliphatic heterocycles. The van der Waals surface area contributed by atoms with E-state index in [9.17, 15) is 4.39 Å². The zero-order valence-corrected chi connectivity index (χ0v) is 13.0. The van der Waals surface area contributed by atoms with E-state index in [-0.39, 0.29) is 11.9 Å². The van der Waals surface area contributed by atoms with Gasteiger partial charge in [0.15, 0.2) is 0 Å². The van der Waals surface area contributed by atoms with Gasteiger partial charge in [0.1, 0.15) is 17.3 Å². The van der Waals surface area contributed by atoms with E-state index in [0.29, 0.717) is 22.1 Å². The Kier molecular flexibility index (Phi) is 5.59. The van der Waals surface area contributed by atoms with E-state index in [1.807, 2.05) is 19.1 Å². The van der Waals surface area contributed by atoms with Crippen molar-refractivity contribution in [2.45, 2.75) is 26.3 Å². The van der Waals surface area contributed by atoms with E-state index in [2.05, 4.69) is 12.2 Å². The molecule has 0 spiro atoms. The van der Waals surface area contributed by atoms with Crippen molar-refractivity contribution in [3.63, 3.8) is 0 Å². The van der Waals surface area contributed by atoms with Gasteiger partial charge in [0.2, 0.25) is 0 Å². The van der Waals surface area contributed by atoms with Gasteiger partial charge in [-0.2, -0.15) is 0 Å². The van der Waals surface area contributed by atoms with E-state index in [1.165, 1.54) is 6.07 Å². The number of rotatable bonds is 6. The minimum atomic E-state index is -0.282.